The Kier molecular flexibility index (Phi) is 5.13. The number of aliphatic hydroxyl groups is 1. The van der Waals surface area contributed by atoms with Crippen LogP contribution in [0, 0.1) is 0 Å². The Morgan fingerprint density at radius 2 is 2.04 bits per heavy atom. The number of amides is 2. The number of likely N-dealkylation sites (tertiary alicyclic amines) is 1. The molecule has 1 aliphatic heterocycles. The number of methoxy groups -OCH3 is 1. The third-order valence-corrected chi connectivity index (χ3v) is 4.98. The van der Waals surface area contributed by atoms with Crippen LogP contribution in [0.3, 0.4) is 0 Å². The number of carbonyl (C=O) groups is 1. The van der Waals surface area contributed by atoms with E-state index in [2.05, 4.69) is 11.4 Å². The molecule has 0 aliphatic carbocycles. The lowest BCUT2D eigenvalue weighted by Crippen LogP contribution is -2.40. The van der Waals surface area contributed by atoms with Gasteiger partial charge in [-0.1, -0.05) is 30.3 Å². The summed E-state index contributed by atoms with van der Waals surface area (Å²) in [7, 11) is 1.65. The quantitative estimate of drug-likeness (QED) is 0.900. The van der Waals surface area contributed by atoms with Gasteiger partial charge in [0, 0.05) is 25.2 Å². The van der Waals surface area contributed by atoms with Crippen molar-refractivity contribution in [3.05, 3.63) is 42.0 Å². The Morgan fingerprint density at radius 1 is 1.24 bits per heavy atom. The zero-order chi connectivity index (χ0) is 17.9. The summed E-state index contributed by atoms with van der Waals surface area (Å²) in [6.45, 7) is 3.51. The molecule has 0 radical (unpaired) electrons. The Hall–Kier alpha value is -2.27. The van der Waals surface area contributed by atoms with Crippen LogP contribution in [0.5, 0.6) is 5.75 Å². The van der Waals surface area contributed by atoms with E-state index in [1.54, 1.807) is 12.0 Å². The van der Waals surface area contributed by atoms with Crippen LogP contribution in [0.4, 0.5) is 4.79 Å². The molecule has 1 saturated heterocycles. The first-order valence-electron chi connectivity index (χ1n) is 8.80. The van der Waals surface area contributed by atoms with Gasteiger partial charge < -0.3 is 20.1 Å². The van der Waals surface area contributed by atoms with Crippen LogP contribution in [-0.2, 0) is 6.54 Å². The summed E-state index contributed by atoms with van der Waals surface area (Å²) in [6.07, 6.45) is 2.16. The van der Waals surface area contributed by atoms with Gasteiger partial charge in [0.1, 0.15) is 5.75 Å². The molecule has 2 aromatic carbocycles. The molecule has 2 aromatic rings. The van der Waals surface area contributed by atoms with E-state index in [9.17, 15) is 9.90 Å². The lowest BCUT2D eigenvalue weighted by molar-refractivity contribution is 0.0457. The molecule has 5 heteroatoms. The molecule has 1 unspecified atom stereocenters. The largest absolute Gasteiger partial charge is 0.496 e. The molecule has 0 spiro atoms. The highest BCUT2D eigenvalue weighted by molar-refractivity contribution is 5.88. The van der Waals surface area contributed by atoms with Crippen molar-refractivity contribution in [1.82, 2.24) is 10.2 Å². The normalized spacial score (nSPS) is 21.0. The average Bonchev–Trinajstić information content (AvgIpc) is 2.79. The maximum atomic E-state index is 12.6. The van der Waals surface area contributed by atoms with Crippen LogP contribution in [-0.4, -0.2) is 41.8 Å². The van der Waals surface area contributed by atoms with Crippen molar-refractivity contribution in [3.63, 3.8) is 0 Å². The Labute approximate surface area is 148 Å². The zero-order valence-electron chi connectivity index (χ0n) is 14.9. The number of nitrogens with zero attached hydrogens (tertiary/aromatic N) is 1. The first kappa shape index (κ1) is 17.5. The van der Waals surface area contributed by atoms with Crippen molar-refractivity contribution in [1.29, 1.82) is 0 Å². The molecule has 134 valence electrons. The topological polar surface area (TPSA) is 61.8 Å². The molecule has 0 aromatic heterocycles. The number of carbonyl (C=O) groups excluding carboxylic acids is 1. The molecule has 2 N–H and O–H groups in total. The van der Waals surface area contributed by atoms with E-state index in [0.717, 1.165) is 34.9 Å². The average molecular weight is 342 g/mol. The van der Waals surface area contributed by atoms with E-state index >= 15 is 0 Å². The molecular weight excluding hydrogens is 316 g/mol. The molecule has 25 heavy (non-hydrogen) atoms. The van der Waals surface area contributed by atoms with Crippen LogP contribution >= 0.6 is 0 Å². The fraction of sp³-hybridized carbons (Fsp3) is 0.450. The van der Waals surface area contributed by atoms with Gasteiger partial charge in [-0.05, 0) is 43.0 Å². The van der Waals surface area contributed by atoms with Gasteiger partial charge >= 0.3 is 6.03 Å². The summed E-state index contributed by atoms with van der Waals surface area (Å²) < 4.78 is 5.48. The van der Waals surface area contributed by atoms with E-state index in [4.69, 9.17) is 4.74 Å². The summed E-state index contributed by atoms with van der Waals surface area (Å²) in [5.74, 6) is 0.776. The third-order valence-electron chi connectivity index (χ3n) is 4.98. The molecule has 0 saturated carbocycles. The lowest BCUT2D eigenvalue weighted by Gasteiger charge is -2.23. The van der Waals surface area contributed by atoms with Gasteiger partial charge in [-0.15, -0.1) is 0 Å². The van der Waals surface area contributed by atoms with E-state index in [1.165, 1.54) is 0 Å². The summed E-state index contributed by atoms with van der Waals surface area (Å²) in [5, 5.41) is 15.4. The number of hydrogen-bond donors (Lipinski definition) is 2. The standard InChI is InChI=1S/C20H26N2O3/c1-20(24)10-5-12-22(13-11-20)19(23)21-14-17-16-7-4-3-6-15(16)8-9-18(17)25-2/h3-4,6-9,24H,5,10-14H2,1-2H3,(H,21,23). The Bertz CT molecular complexity index is 758. The number of hydrogen-bond acceptors (Lipinski definition) is 3. The van der Waals surface area contributed by atoms with Crippen molar-refractivity contribution in [2.45, 2.75) is 38.3 Å². The predicted molar refractivity (Wildman–Crippen MR) is 98.8 cm³/mol. The van der Waals surface area contributed by atoms with Crippen LogP contribution in [0.25, 0.3) is 10.8 Å². The smallest absolute Gasteiger partial charge is 0.317 e. The van der Waals surface area contributed by atoms with Gasteiger partial charge in [0.2, 0.25) is 0 Å². The minimum atomic E-state index is -0.673. The molecule has 1 fully saturated rings. The highest BCUT2D eigenvalue weighted by Crippen LogP contribution is 2.28. The highest BCUT2D eigenvalue weighted by atomic mass is 16.5. The highest BCUT2D eigenvalue weighted by Gasteiger charge is 2.27. The molecule has 1 heterocycles. The van der Waals surface area contributed by atoms with Crippen molar-refractivity contribution in [3.8, 4) is 5.75 Å². The molecule has 5 nitrogen and oxygen atoms in total. The van der Waals surface area contributed by atoms with Gasteiger partial charge in [-0.2, -0.15) is 0 Å². The van der Waals surface area contributed by atoms with Crippen LogP contribution < -0.4 is 10.1 Å². The van der Waals surface area contributed by atoms with Crippen LogP contribution in [0.2, 0.25) is 0 Å². The van der Waals surface area contributed by atoms with Gasteiger partial charge in [0.15, 0.2) is 0 Å². The van der Waals surface area contributed by atoms with Gasteiger partial charge in [0.05, 0.1) is 12.7 Å². The van der Waals surface area contributed by atoms with E-state index < -0.39 is 5.60 Å². The molecular formula is C20H26N2O3. The zero-order valence-corrected chi connectivity index (χ0v) is 14.9. The van der Waals surface area contributed by atoms with Gasteiger partial charge in [-0.25, -0.2) is 4.79 Å². The van der Waals surface area contributed by atoms with Crippen LogP contribution in [0.1, 0.15) is 31.7 Å². The van der Waals surface area contributed by atoms with E-state index in [1.807, 2.05) is 37.3 Å². The third kappa shape index (κ3) is 4.04. The van der Waals surface area contributed by atoms with Crippen molar-refractivity contribution in [2.24, 2.45) is 0 Å². The van der Waals surface area contributed by atoms with Crippen molar-refractivity contribution < 1.29 is 14.6 Å². The molecule has 0 bridgehead atoms. The number of fused-ring (bicyclic) bond motifs is 1. The first-order valence-corrected chi connectivity index (χ1v) is 8.80. The molecule has 1 atom stereocenters. The molecule has 2 amide bonds. The number of nitrogens with one attached hydrogen (secondary N) is 1. The minimum Gasteiger partial charge on any atom is -0.496 e. The summed E-state index contributed by atoms with van der Waals surface area (Å²) in [5.41, 5.74) is 0.309. The number of benzene rings is 2. The fourth-order valence-corrected chi connectivity index (χ4v) is 3.43. The van der Waals surface area contributed by atoms with Crippen molar-refractivity contribution in [2.75, 3.05) is 20.2 Å². The summed E-state index contributed by atoms with van der Waals surface area (Å²) in [4.78, 5) is 14.4. The monoisotopic (exact) mass is 342 g/mol. The minimum absolute atomic E-state index is 0.0901. The SMILES string of the molecule is COc1ccc2ccccc2c1CNC(=O)N1CCCC(C)(O)CC1. The van der Waals surface area contributed by atoms with E-state index in [0.29, 0.717) is 26.1 Å². The van der Waals surface area contributed by atoms with E-state index in [-0.39, 0.29) is 6.03 Å². The predicted octanol–water partition coefficient (Wildman–Crippen LogP) is 3.29. The first-order chi connectivity index (χ1) is 12.0. The Balaban J connectivity index is 1.73. The molecule has 1 aliphatic rings. The lowest BCUT2D eigenvalue weighted by atomic mass is 9.98. The van der Waals surface area contributed by atoms with Crippen molar-refractivity contribution >= 4 is 16.8 Å². The number of rotatable bonds is 3. The number of ether oxygens (including phenoxy) is 1. The maximum absolute atomic E-state index is 12.6. The number of urea groups is 1. The van der Waals surface area contributed by atoms with Crippen LogP contribution in [0.15, 0.2) is 36.4 Å². The summed E-state index contributed by atoms with van der Waals surface area (Å²) >= 11 is 0. The second kappa shape index (κ2) is 7.31. The summed E-state index contributed by atoms with van der Waals surface area (Å²) in [6, 6.07) is 12.0. The fourth-order valence-electron chi connectivity index (χ4n) is 3.43. The second-order valence-electron chi connectivity index (χ2n) is 6.96. The second-order valence-corrected chi connectivity index (χ2v) is 6.96. The van der Waals surface area contributed by atoms with Gasteiger partial charge in [-0.3, -0.25) is 0 Å². The maximum Gasteiger partial charge on any atom is 0.317 e. The molecule has 3 rings (SSSR count). The van der Waals surface area contributed by atoms with Gasteiger partial charge in [0.25, 0.3) is 0 Å². The Morgan fingerprint density at radius 3 is 2.84 bits per heavy atom.